The molecule has 3 heterocycles. The summed E-state index contributed by atoms with van der Waals surface area (Å²) in [5, 5.41) is 3.74. The van der Waals surface area contributed by atoms with Crippen LogP contribution in [0.15, 0.2) is 10.7 Å². The molecular formula is C18H29N3O4. The Morgan fingerprint density at radius 3 is 3.08 bits per heavy atom. The van der Waals surface area contributed by atoms with Crippen molar-refractivity contribution in [3.8, 4) is 0 Å². The summed E-state index contributed by atoms with van der Waals surface area (Å²) in [6, 6.07) is 0. The molecule has 3 rings (SSSR count). The second-order valence-electron chi connectivity index (χ2n) is 7.49. The van der Waals surface area contributed by atoms with Gasteiger partial charge in [-0.15, -0.1) is 0 Å². The highest BCUT2D eigenvalue weighted by Crippen LogP contribution is 2.40. The molecule has 1 aromatic heterocycles. The first-order chi connectivity index (χ1) is 12.0. The fraction of sp³-hybridized carbons (Fsp3) is 0.778. The maximum Gasteiger partial charge on any atom is 0.259 e. The molecule has 2 aliphatic heterocycles. The van der Waals surface area contributed by atoms with Crippen molar-refractivity contribution in [2.45, 2.75) is 32.3 Å². The first kappa shape index (κ1) is 18.4. The Labute approximate surface area is 149 Å². The van der Waals surface area contributed by atoms with E-state index in [9.17, 15) is 4.79 Å². The van der Waals surface area contributed by atoms with Crippen molar-refractivity contribution >= 4 is 5.91 Å². The lowest BCUT2D eigenvalue weighted by Crippen LogP contribution is -2.58. The Balaban J connectivity index is 1.68. The summed E-state index contributed by atoms with van der Waals surface area (Å²) in [6.07, 6.45) is 4.59. The molecule has 2 fully saturated rings. The van der Waals surface area contributed by atoms with Crippen molar-refractivity contribution < 1.29 is 18.8 Å². The van der Waals surface area contributed by atoms with Gasteiger partial charge >= 0.3 is 0 Å². The van der Waals surface area contributed by atoms with Gasteiger partial charge in [-0.05, 0) is 40.3 Å². The molecule has 140 valence electrons. The van der Waals surface area contributed by atoms with Crippen molar-refractivity contribution in [3.63, 3.8) is 0 Å². The number of amides is 1. The topological polar surface area (TPSA) is 68.0 Å². The highest BCUT2D eigenvalue weighted by Gasteiger charge is 2.47. The average Bonchev–Trinajstić information content (AvgIpc) is 3.03. The van der Waals surface area contributed by atoms with Gasteiger partial charge in [-0.2, -0.15) is 0 Å². The normalized spacial score (nSPS) is 26.7. The number of hydrogen-bond acceptors (Lipinski definition) is 6. The molecule has 25 heavy (non-hydrogen) atoms. The molecule has 0 aliphatic carbocycles. The van der Waals surface area contributed by atoms with Gasteiger partial charge in [0.2, 0.25) is 0 Å². The Bertz CT molecular complexity index is 589. The van der Waals surface area contributed by atoms with Crippen molar-refractivity contribution in [3.05, 3.63) is 17.5 Å². The molecule has 7 nitrogen and oxygen atoms in total. The molecule has 0 spiro atoms. The lowest BCUT2D eigenvalue weighted by molar-refractivity contribution is -0.147. The number of nitrogens with zero attached hydrogens (tertiary/aromatic N) is 3. The number of likely N-dealkylation sites (tertiary alicyclic amines) is 1. The van der Waals surface area contributed by atoms with Crippen LogP contribution in [0.1, 0.15) is 35.4 Å². The molecule has 0 radical (unpaired) electrons. The Morgan fingerprint density at radius 1 is 1.52 bits per heavy atom. The summed E-state index contributed by atoms with van der Waals surface area (Å²) in [5.74, 6) is 0.568. The first-order valence-electron chi connectivity index (χ1n) is 9.06. The predicted octanol–water partition coefficient (Wildman–Crippen LogP) is 1.57. The number of aryl methyl sites for hydroxylation is 1. The number of aromatic nitrogens is 1. The minimum Gasteiger partial charge on any atom is -0.379 e. The van der Waals surface area contributed by atoms with Gasteiger partial charge in [-0.3, -0.25) is 4.79 Å². The molecule has 2 atom stereocenters. The number of likely N-dealkylation sites (N-methyl/N-ethyl adjacent to an activating group) is 1. The molecule has 0 unspecified atom stereocenters. The van der Waals surface area contributed by atoms with Gasteiger partial charge < -0.3 is 23.8 Å². The molecule has 0 saturated carbocycles. The summed E-state index contributed by atoms with van der Waals surface area (Å²) >= 11 is 0. The SMILES string of the molecule is Cc1oncc1C(=O)N1CC[C@H]2OCCC[C@@]2(COCCN(C)C)C1. The molecule has 0 bridgehead atoms. The zero-order chi connectivity index (χ0) is 17.9. The highest BCUT2D eigenvalue weighted by atomic mass is 16.5. The second-order valence-corrected chi connectivity index (χ2v) is 7.49. The van der Waals surface area contributed by atoms with E-state index in [1.807, 2.05) is 19.0 Å². The van der Waals surface area contributed by atoms with Crippen molar-refractivity contribution in [2.24, 2.45) is 5.41 Å². The molecular weight excluding hydrogens is 322 g/mol. The monoisotopic (exact) mass is 351 g/mol. The molecule has 0 aromatic carbocycles. The summed E-state index contributed by atoms with van der Waals surface area (Å²) in [4.78, 5) is 16.9. The van der Waals surface area contributed by atoms with E-state index in [1.54, 1.807) is 6.92 Å². The van der Waals surface area contributed by atoms with Gasteiger partial charge in [0.25, 0.3) is 5.91 Å². The fourth-order valence-corrected chi connectivity index (χ4v) is 3.87. The molecule has 0 N–H and O–H groups in total. The molecule has 1 aromatic rings. The van der Waals surface area contributed by atoms with E-state index in [0.29, 0.717) is 37.6 Å². The number of rotatable bonds is 6. The predicted molar refractivity (Wildman–Crippen MR) is 92.5 cm³/mol. The number of fused-ring (bicyclic) bond motifs is 1. The van der Waals surface area contributed by atoms with Gasteiger partial charge in [-0.1, -0.05) is 5.16 Å². The van der Waals surface area contributed by atoms with Crippen molar-refractivity contribution in [2.75, 3.05) is 53.6 Å². The molecule has 7 heteroatoms. The lowest BCUT2D eigenvalue weighted by atomic mass is 9.73. The smallest absolute Gasteiger partial charge is 0.259 e. The van der Waals surface area contributed by atoms with E-state index < -0.39 is 0 Å². The van der Waals surface area contributed by atoms with Crippen molar-refractivity contribution in [1.29, 1.82) is 0 Å². The van der Waals surface area contributed by atoms with Crippen LogP contribution in [0.3, 0.4) is 0 Å². The van der Waals surface area contributed by atoms with Crippen LogP contribution < -0.4 is 0 Å². The van der Waals surface area contributed by atoms with Crippen LogP contribution in [-0.2, 0) is 9.47 Å². The maximum atomic E-state index is 12.9. The Morgan fingerprint density at radius 2 is 2.36 bits per heavy atom. The number of ether oxygens (including phenoxy) is 2. The lowest BCUT2D eigenvalue weighted by Gasteiger charge is -2.50. The third-order valence-corrected chi connectivity index (χ3v) is 5.33. The standard InChI is InChI=1S/C18H29N3O4/c1-14-15(11-19-25-14)17(22)21-7-5-16-18(12-21,6-4-9-24-16)13-23-10-8-20(2)3/h11,16H,4-10,12-13H2,1-3H3/t16-,18+/m1/s1. The van der Waals surface area contributed by atoms with Crippen LogP contribution in [0.5, 0.6) is 0 Å². The maximum absolute atomic E-state index is 12.9. The van der Waals surface area contributed by atoms with Gasteiger partial charge in [0.05, 0.1) is 25.5 Å². The van der Waals surface area contributed by atoms with E-state index in [1.165, 1.54) is 6.20 Å². The van der Waals surface area contributed by atoms with Crippen LogP contribution in [0.4, 0.5) is 0 Å². The summed E-state index contributed by atoms with van der Waals surface area (Å²) < 4.78 is 17.1. The van der Waals surface area contributed by atoms with Gasteiger partial charge in [-0.25, -0.2) is 0 Å². The van der Waals surface area contributed by atoms with Gasteiger partial charge in [0.15, 0.2) is 0 Å². The third-order valence-electron chi connectivity index (χ3n) is 5.33. The minimum atomic E-state index is -0.108. The zero-order valence-corrected chi connectivity index (χ0v) is 15.5. The second kappa shape index (κ2) is 7.85. The summed E-state index contributed by atoms with van der Waals surface area (Å²) in [5.41, 5.74) is 0.447. The van der Waals surface area contributed by atoms with E-state index in [-0.39, 0.29) is 17.4 Å². The Hall–Kier alpha value is -1.44. The van der Waals surface area contributed by atoms with Crippen LogP contribution in [0.25, 0.3) is 0 Å². The average molecular weight is 351 g/mol. The number of carbonyl (C=O) groups is 1. The number of piperidine rings is 1. The van der Waals surface area contributed by atoms with Crippen LogP contribution in [0, 0.1) is 12.3 Å². The van der Waals surface area contributed by atoms with Crippen LogP contribution in [0.2, 0.25) is 0 Å². The molecule has 2 saturated heterocycles. The summed E-state index contributed by atoms with van der Waals surface area (Å²) in [6.45, 7) is 6.18. The largest absolute Gasteiger partial charge is 0.379 e. The first-order valence-corrected chi connectivity index (χ1v) is 9.06. The fourth-order valence-electron chi connectivity index (χ4n) is 3.87. The quantitative estimate of drug-likeness (QED) is 0.725. The molecule has 1 amide bonds. The Kier molecular flexibility index (Phi) is 5.76. The van der Waals surface area contributed by atoms with E-state index in [2.05, 4.69) is 10.1 Å². The third kappa shape index (κ3) is 4.04. The van der Waals surface area contributed by atoms with E-state index in [0.717, 1.165) is 32.4 Å². The minimum absolute atomic E-state index is 0.00422. The summed E-state index contributed by atoms with van der Waals surface area (Å²) in [7, 11) is 4.08. The van der Waals surface area contributed by atoms with Gasteiger partial charge in [0.1, 0.15) is 11.3 Å². The van der Waals surface area contributed by atoms with Crippen LogP contribution in [-0.4, -0.2) is 80.5 Å². The zero-order valence-electron chi connectivity index (χ0n) is 15.5. The number of hydrogen-bond donors (Lipinski definition) is 0. The van der Waals surface area contributed by atoms with Crippen molar-refractivity contribution in [1.82, 2.24) is 15.0 Å². The van der Waals surface area contributed by atoms with E-state index in [4.69, 9.17) is 14.0 Å². The van der Waals surface area contributed by atoms with Gasteiger partial charge in [0, 0.05) is 31.7 Å². The highest BCUT2D eigenvalue weighted by molar-refractivity contribution is 5.94. The molecule has 2 aliphatic rings. The number of carbonyl (C=O) groups excluding carboxylic acids is 1. The van der Waals surface area contributed by atoms with Crippen LogP contribution >= 0.6 is 0 Å². The van der Waals surface area contributed by atoms with E-state index >= 15 is 0 Å².